The number of aromatic nitrogens is 5. The third kappa shape index (κ3) is 5.13. The summed E-state index contributed by atoms with van der Waals surface area (Å²) in [7, 11) is 0. The lowest BCUT2D eigenvalue weighted by Gasteiger charge is -2.11. The predicted molar refractivity (Wildman–Crippen MR) is 129 cm³/mol. The fourth-order valence-electron chi connectivity index (χ4n) is 3.60. The minimum atomic E-state index is -4.80. The largest absolute Gasteiger partial charge is 0.433 e. The van der Waals surface area contributed by atoms with E-state index in [2.05, 4.69) is 20.5 Å². The molecule has 1 N–H and O–H groups in total. The fraction of sp³-hybridized carbons (Fsp3) is 0.0833. The van der Waals surface area contributed by atoms with E-state index in [4.69, 9.17) is 23.2 Å². The molecule has 0 saturated carbocycles. The van der Waals surface area contributed by atoms with E-state index in [9.17, 15) is 22.4 Å². The first-order chi connectivity index (χ1) is 17.6. The molecule has 13 heteroatoms. The molecule has 0 aliphatic heterocycles. The van der Waals surface area contributed by atoms with E-state index < -0.39 is 23.6 Å². The molecule has 5 rings (SSSR count). The molecule has 3 heterocycles. The van der Waals surface area contributed by atoms with Crippen molar-refractivity contribution in [3.05, 3.63) is 99.7 Å². The van der Waals surface area contributed by atoms with Gasteiger partial charge in [-0.2, -0.15) is 23.4 Å². The molecule has 0 saturated heterocycles. The SMILES string of the molecule is O=C(Nc1ccn(Cc2c(Cl)cccc2Cl)n1)c1cc2nc(-c3ccc(F)cc3)cc(C(F)(F)F)n2n1. The number of amides is 1. The summed E-state index contributed by atoms with van der Waals surface area (Å²) in [5.74, 6) is -1.19. The summed E-state index contributed by atoms with van der Waals surface area (Å²) in [5, 5.41) is 11.4. The first-order valence-electron chi connectivity index (χ1n) is 10.6. The van der Waals surface area contributed by atoms with Gasteiger partial charge >= 0.3 is 6.18 Å². The number of nitrogens with one attached hydrogen (secondary N) is 1. The highest BCUT2D eigenvalue weighted by atomic mass is 35.5. The van der Waals surface area contributed by atoms with Crippen LogP contribution in [-0.2, 0) is 12.7 Å². The number of carbonyl (C=O) groups is 1. The van der Waals surface area contributed by atoms with Gasteiger partial charge in [-0.3, -0.25) is 9.48 Å². The van der Waals surface area contributed by atoms with Gasteiger partial charge in [-0.1, -0.05) is 29.3 Å². The van der Waals surface area contributed by atoms with Gasteiger partial charge in [0.2, 0.25) is 0 Å². The molecule has 2 aromatic carbocycles. The molecule has 0 unspecified atom stereocenters. The van der Waals surface area contributed by atoms with E-state index in [0.717, 1.165) is 24.3 Å². The second-order valence-electron chi connectivity index (χ2n) is 7.88. The fourth-order valence-corrected chi connectivity index (χ4v) is 4.12. The molecule has 1 amide bonds. The van der Waals surface area contributed by atoms with Crippen molar-refractivity contribution in [2.75, 3.05) is 5.32 Å². The van der Waals surface area contributed by atoms with Crippen LogP contribution in [0.4, 0.5) is 23.4 Å². The number of fused-ring (bicyclic) bond motifs is 1. The number of nitrogens with zero attached hydrogens (tertiary/aromatic N) is 5. The zero-order valence-electron chi connectivity index (χ0n) is 18.5. The minimum Gasteiger partial charge on any atom is -0.304 e. The maximum Gasteiger partial charge on any atom is 0.433 e. The number of alkyl halides is 3. The van der Waals surface area contributed by atoms with Crippen molar-refractivity contribution in [3.63, 3.8) is 0 Å². The first-order valence-corrected chi connectivity index (χ1v) is 11.4. The van der Waals surface area contributed by atoms with Gasteiger partial charge in [-0.05, 0) is 42.5 Å². The zero-order valence-corrected chi connectivity index (χ0v) is 20.0. The van der Waals surface area contributed by atoms with Gasteiger partial charge in [-0.15, -0.1) is 0 Å². The molecule has 0 atom stereocenters. The second-order valence-corrected chi connectivity index (χ2v) is 8.70. The maximum absolute atomic E-state index is 13.8. The summed E-state index contributed by atoms with van der Waals surface area (Å²) in [6.45, 7) is 0.230. The Bertz CT molecular complexity index is 1610. The van der Waals surface area contributed by atoms with Crippen molar-refractivity contribution < 1.29 is 22.4 Å². The molecule has 5 aromatic rings. The second kappa shape index (κ2) is 9.49. The standard InChI is InChI=1S/C24H14Cl2F4N6O/c25-16-2-1-3-17(26)15(16)12-35-9-8-21(34-35)32-23(37)19-11-22-31-18(13-4-6-14(27)7-5-13)10-20(24(28,29)30)36(22)33-19/h1-11H,12H2,(H,32,34,37). The Morgan fingerprint density at radius 3 is 2.35 bits per heavy atom. The summed E-state index contributed by atoms with van der Waals surface area (Å²) < 4.78 is 56.7. The average molecular weight is 549 g/mol. The average Bonchev–Trinajstić information content (AvgIpc) is 3.47. The topological polar surface area (TPSA) is 77.1 Å². The van der Waals surface area contributed by atoms with Gasteiger partial charge in [0, 0.05) is 39.5 Å². The van der Waals surface area contributed by atoms with Gasteiger partial charge in [0.05, 0.1) is 12.2 Å². The van der Waals surface area contributed by atoms with Gasteiger partial charge in [-0.25, -0.2) is 13.9 Å². The van der Waals surface area contributed by atoms with Gasteiger partial charge in [0.1, 0.15) is 5.82 Å². The minimum absolute atomic E-state index is 0.0522. The molecular weight excluding hydrogens is 535 g/mol. The Morgan fingerprint density at radius 2 is 1.68 bits per heavy atom. The lowest BCUT2D eigenvalue weighted by Crippen LogP contribution is -2.16. The number of hydrogen-bond acceptors (Lipinski definition) is 4. The molecule has 188 valence electrons. The Kier molecular flexibility index (Phi) is 6.34. The van der Waals surface area contributed by atoms with Crippen LogP contribution in [0.15, 0.2) is 66.9 Å². The highest BCUT2D eigenvalue weighted by Gasteiger charge is 2.35. The molecule has 3 aromatic heterocycles. The van der Waals surface area contributed by atoms with Gasteiger partial charge < -0.3 is 5.32 Å². The molecular formula is C24H14Cl2F4N6O. The highest BCUT2D eigenvalue weighted by molar-refractivity contribution is 6.36. The van der Waals surface area contributed by atoms with Crippen molar-refractivity contribution in [3.8, 4) is 11.3 Å². The van der Waals surface area contributed by atoms with Crippen molar-refractivity contribution in [1.29, 1.82) is 0 Å². The lowest BCUT2D eigenvalue weighted by atomic mass is 10.1. The number of benzene rings is 2. The van der Waals surface area contributed by atoms with Crippen molar-refractivity contribution in [2.45, 2.75) is 12.7 Å². The van der Waals surface area contributed by atoms with Crippen molar-refractivity contribution >= 4 is 40.6 Å². The monoisotopic (exact) mass is 548 g/mol. The van der Waals surface area contributed by atoms with Crippen LogP contribution in [0.2, 0.25) is 10.0 Å². The molecule has 0 aliphatic carbocycles. The summed E-state index contributed by atoms with van der Waals surface area (Å²) in [6.07, 6.45) is -3.22. The lowest BCUT2D eigenvalue weighted by molar-refractivity contribution is -0.142. The highest BCUT2D eigenvalue weighted by Crippen LogP contribution is 2.32. The Labute approximate surface area is 216 Å². The van der Waals surface area contributed by atoms with Crippen LogP contribution in [0.3, 0.4) is 0 Å². The predicted octanol–water partition coefficient (Wildman–Crippen LogP) is 6.36. The van der Waals surface area contributed by atoms with Crippen LogP contribution in [0.5, 0.6) is 0 Å². The van der Waals surface area contributed by atoms with Crippen LogP contribution in [0.1, 0.15) is 21.7 Å². The van der Waals surface area contributed by atoms with E-state index in [1.54, 1.807) is 24.4 Å². The van der Waals surface area contributed by atoms with Gasteiger partial charge in [0.25, 0.3) is 5.91 Å². The Hall–Kier alpha value is -3.96. The quantitative estimate of drug-likeness (QED) is 0.259. The van der Waals surface area contributed by atoms with Crippen LogP contribution in [0.25, 0.3) is 16.9 Å². The number of halogens is 6. The molecule has 0 fully saturated rings. The van der Waals surface area contributed by atoms with Crippen molar-refractivity contribution in [1.82, 2.24) is 24.4 Å². The van der Waals surface area contributed by atoms with E-state index in [-0.39, 0.29) is 35.0 Å². The van der Waals surface area contributed by atoms with E-state index >= 15 is 0 Å². The first kappa shape index (κ1) is 24.7. The van der Waals surface area contributed by atoms with Crippen LogP contribution in [0, 0.1) is 5.82 Å². The third-order valence-electron chi connectivity index (χ3n) is 5.35. The Balaban J connectivity index is 1.43. The maximum atomic E-state index is 13.8. The summed E-state index contributed by atoms with van der Waals surface area (Å²) in [6, 6.07) is 13.3. The normalized spacial score (nSPS) is 11.7. The molecule has 0 radical (unpaired) electrons. The molecule has 0 spiro atoms. The smallest absolute Gasteiger partial charge is 0.304 e. The number of hydrogen-bond donors (Lipinski definition) is 1. The van der Waals surface area contributed by atoms with E-state index in [0.29, 0.717) is 20.1 Å². The van der Waals surface area contributed by atoms with Gasteiger partial charge in [0.15, 0.2) is 22.9 Å². The summed E-state index contributed by atoms with van der Waals surface area (Å²) in [4.78, 5) is 17.0. The summed E-state index contributed by atoms with van der Waals surface area (Å²) in [5.41, 5.74) is -0.808. The van der Waals surface area contributed by atoms with Crippen LogP contribution in [-0.4, -0.2) is 30.3 Å². The van der Waals surface area contributed by atoms with E-state index in [1.165, 1.54) is 22.9 Å². The van der Waals surface area contributed by atoms with Crippen molar-refractivity contribution in [2.24, 2.45) is 0 Å². The molecule has 7 nitrogen and oxygen atoms in total. The number of carbonyl (C=O) groups excluding carboxylic acids is 1. The van der Waals surface area contributed by atoms with Crippen LogP contribution < -0.4 is 5.32 Å². The number of anilines is 1. The molecule has 0 bridgehead atoms. The summed E-state index contributed by atoms with van der Waals surface area (Å²) >= 11 is 12.4. The zero-order chi connectivity index (χ0) is 26.3. The Morgan fingerprint density at radius 1 is 0.973 bits per heavy atom. The third-order valence-corrected chi connectivity index (χ3v) is 6.06. The van der Waals surface area contributed by atoms with Crippen LogP contribution >= 0.6 is 23.2 Å². The number of rotatable bonds is 5. The molecule has 0 aliphatic rings. The molecule has 37 heavy (non-hydrogen) atoms. The van der Waals surface area contributed by atoms with E-state index in [1.807, 2.05) is 0 Å².